The van der Waals surface area contributed by atoms with Crippen LogP contribution in [0.3, 0.4) is 0 Å². The molecule has 26 heavy (non-hydrogen) atoms. The Kier molecular flexibility index (Phi) is 2.08. The van der Waals surface area contributed by atoms with E-state index in [9.17, 15) is 0 Å². The average molecular weight is 327 g/mol. The molecule has 0 spiro atoms. The van der Waals surface area contributed by atoms with Crippen LogP contribution in [-0.2, 0) is 0 Å². The van der Waals surface area contributed by atoms with Gasteiger partial charge < -0.3 is 0 Å². The molecular formula is C25H13N. The van der Waals surface area contributed by atoms with Crippen molar-refractivity contribution in [1.82, 2.24) is 4.98 Å². The van der Waals surface area contributed by atoms with Crippen molar-refractivity contribution in [2.45, 2.75) is 0 Å². The molecule has 0 N–H and O–H groups in total. The smallest absolute Gasteiger partial charge is 0.0795 e. The molecule has 1 aromatic heterocycles. The van der Waals surface area contributed by atoms with Crippen molar-refractivity contribution in [2.24, 2.45) is 0 Å². The zero-order valence-electron chi connectivity index (χ0n) is 14.0. The van der Waals surface area contributed by atoms with E-state index in [-0.39, 0.29) is 0 Å². The van der Waals surface area contributed by atoms with E-state index < -0.39 is 0 Å². The summed E-state index contributed by atoms with van der Waals surface area (Å²) in [7, 11) is 0. The van der Waals surface area contributed by atoms with E-state index in [0.717, 1.165) is 11.0 Å². The van der Waals surface area contributed by atoms with E-state index in [4.69, 9.17) is 4.98 Å². The molecule has 7 aromatic rings. The zero-order valence-corrected chi connectivity index (χ0v) is 14.0. The third-order valence-electron chi connectivity index (χ3n) is 5.92. The van der Waals surface area contributed by atoms with Crippen LogP contribution in [0.1, 0.15) is 0 Å². The predicted octanol–water partition coefficient (Wildman–Crippen LogP) is 6.88. The van der Waals surface area contributed by atoms with E-state index in [1.807, 2.05) is 0 Å². The summed E-state index contributed by atoms with van der Waals surface area (Å²) in [6.45, 7) is 0. The lowest BCUT2D eigenvalue weighted by atomic mass is 10.1. The van der Waals surface area contributed by atoms with Gasteiger partial charge in [-0.25, -0.2) is 4.98 Å². The lowest BCUT2D eigenvalue weighted by molar-refractivity contribution is 1.56. The molecular weight excluding hydrogens is 314 g/mol. The van der Waals surface area contributed by atoms with Crippen molar-refractivity contribution in [3.05, 3.63) is 78.9 Å². The first-order chi connectivity index (χ1) is 12.9. The average Bonchev–Trinajstić information content (AvgIpc) is 3.18. The number of rotatable bonds is 0. The molecule has 7 rings (SSSR count). The maximum absolute atomic E-state index is 5.21. The van der Waals surface area contributed by atoms with Gasteiger partial charge in [0.1, 0.15) is 0 Å². The van der Waals surface area contributed by atoms with Crippen LogP contribution in [0.5, 0.6) is 0 Å². The van der Waals surface area contributed by atoms with Gasteiger partial charge in [-0.3, -0.25) is 0 Å². The summed E-state index contributed by atoms with van der Waals surface area (Å²) in [5.41, 5.74) is 2.25. The van der Waals surface area contributed by atoms with Crippen molar-refractivity contribution in [3.63, 3.8) is 0 Å². The summed E-state index contributed by atoms with van der Waals surface area (Å²) in [6, 6.07) is 28.6. The first kappa shape index (κ1) is 12.8. The number of hydrogen-bond acceptors (Lipinski definition) is 1. The lowest BCUT2D eigenvalue weighted by Gasteiger charge is -1.97. The minimum absolute atomic E-state index is 1.13. The number of fused-ring (bicyclic) bond motifs is 6. The van der Waals surface area contributed by atoms with Gasteiger partial charge in [-0.1, -0.05) is 72.8 Å². The van der Waals surface area contributed by atoms with Crippen molar-refractivity contribution in [3.8, 4) is 0 Å². The van der Waals surface area contributed by atoms with Crippen molar-refractivity contribution in [1.29, 1.82) is 0 Å². The van der Waals surface area contributed by atoms with Crippen molar-refractivity contribution < 1.29 is 0 Å². The molecule has 0 amide bonds. The molecule has 1 heterocycles. The summed E-state index contributed by atoms with van der Waals surface area (Å²) >= 11 is 0. The number of nitrogens with zero attached hydrogens (tertiary/aromatic N) is 1. The number of hydrogen-bond donors (Lipinski definition) is 0. The van der Waals surface area contributed by atoms with Gasteiger partial charge in [-0.15, -0.1) is 0 Å². The van der Waals surface area contributed by atoms with Gasteiger partial charge in [-0.05, 0) is 38.4 Å². The topological polar surface area (TPSA) is 12.9 Å². The summed E-state index contributed by atoms with van der Waals surface area (Å²) in [5.74, 6) is 0. The molecule has 0 saturated carbocycles. The molecule has 0 atom stereocenters. The molecule has 0 radical (unpaired) electrons. The molecule has 0 saturated heterocycles. The Morgan fingerprint density at radius 3 is 1.31 bits per heavy atom. The number of pyridine rings is 1. The molecule has 0 unspecified atom stereocenters. The predicted molar refractivity (Wildman–Crippen MR) is 112 cm³/mol. The van der Waals surface area contributed by atoms with Crippen LogP contribution in [0.2, 0.25) is 0 Å². The van der Waals surface area contributed by atoms with Gasteiger partial charge in [0, 0.05) is 21.5 Å². The summed E-state index contributed by atoms with van der Waals surface area (Å²) in [6.07, 6.45) is 0. The third-order valence-corrected chi connectivity index (χ3v) is 5.92. The fourth-order valence-electron chi connectivity index (χ4n) is 4.86. The normalized spacial score (nSPS) is 12.6. The van der Waals surface area contributed by atoms with Gasteiger partial charge in [-0.2, -0.15) is 0 Å². The summed E-state index contributed by atoms with van der Waals surface area (Å²) in [5, 5.41) is 12.9. The largest absolute Gasteiger partial charge is 0.246 e. The second kappa shape index (κ2) is 4.20. The van der Waals surface area contributed by atoms with E-state index in [1.54, 1.807) is 0 Å². The molecule has 6 aromatic carbocycles. The Bertz CT molecular complexity index is 1390. The second-order valence-corrected chi connectivity index (χ2v) is 7.20. The van der Waals surface area contributed by atoms with Crippen LogP contribution in [0.25, 0.3) is 64.9 Å². The molecule has 1 heteroatoms. The Morgan fingerprint density at radius 2 is 0.846 bits per heavy atom. The molecule has 0 aliphatic carbocycles. The Morgan fingerprint density at radius 1 is 0.423 bits per heavy atom. The zero-order chi connectivity index (χ0) is 16.8. The number of benzene rings is 4. The van der Waals surface area contributed by atoms with Gasteiger partial charge >= 0.3 is 0 Å². The molecule has 0 fully saturated rings. The van der Waals surface area contributed by atoms with Gasteiger partial charge in [0.15, 0.2) is 0 Å². The quantitative estimate of drug-likeness (QED) is 0.296. The highest BCUT2D eigenvalue weighted by Crippen LogP contribution is 2.43. The van der Waals surface area contributed by atoms with Crippen molar-refractivity contribution in [2.75, 3.05) is 0 Å². The molecule has 0 bridgehead atoms. The first-order valence-corrected chi connectivity index (χ1v) is 9.00. The molecule has 118 valence electrons. The highest BCUT2D eigenvalue weighted by molar-refractivity contribution is 6.35. The molecule has 0 aliphatic heterocycles. The van der Waals surface area contributed by atoms with Gasteiger partial charge in [0.2, 0.25) is 0 Å². The molecule has 0 aliphatic rings. The third kappa shape index (κ3) is 1.34. The van der Waals surface area contributed by atoms with E-state index in [1.165, 1.54) is 53.9 Å². The maximum Gasteiger partial charge on any atom is 0.0795 e. The van der Waals surface area contributed by atoms with Crippen LogP contribution in [0.15, 0.2) is 78.9 Å². The van der Waals surface area contributed by atoms with Crippen molar-refractivity contribution >= 4 is 64.9 Å². The maximum atomic E-state index is 5.21. The SMILES string of the molecule is c1cc2cccc3c4nc5c(cc4c(c1)c23)c1cccc2cccc5c21. The molecule has 1 nitrogen and oxygen atoms in total. The Hall–Kier alpha value is -3.45. The van der Waals surface area contributed by atoms with Crippen LogP contribution < -0.4 is 0 Å². The van der Waals surface area contributed by atoms with E-state index >= 15 is 0 Å². The highest BCUT2D eigenvalue weighted by atomic mass is 14.7. The number of aromatic nitrogens is 1. The summed E-state index contributed by atoms with van der Waals surface area (Å²) < 4.78 is 0. The highest BCUT2D eigenvalue weighted by Gasteiger charge is 2.17. The van der Waals surface area contributed by atoms with Crippen LogP contribution in [0.4, 0.5) is 0 Å². The Balaban J connectivity index is 1.85. The van der Waals surface area contributed by atoms with Crippen LogP contribution >= 0.6 is 0 Å². The first-order valence-electron chi connectivity index (χ1n) is 9.00. The van der Waals surface area contributed by atoms with Gasteiger partial charge in [0.05, 0.1) is 11.0 Å². The summed E-state index contributed by atoms with van der Waals surface area (Å²) in [4.78, 5) is 5.21. The monoisotopic (exact) mass is 327 g/mol. The van der Waals surface area contributed by atoms with E-state index in [2.05, 4.69) is 78.9 Å². The van der Waals surface area contributed by atoms with Gasteiger partial charge in [0.25, 0.3) is 0 Å². The van der Waals surface area contributed by atoms with E-state index in [0.29, 0.717) is 0 Å². The van der Waals surface area contributed by atoms with Crippen LogP contribution in [0, 0.1) is 0 Å². The fourth-order valence-corrected chi connectivity index (χ4v) is 4.86. The second-order valence-electron chi connectivity index (χ2n) is 7.20. The minimum atomic E-state index is 1.13. The minimum Gasteiger partial charge on any atom is -0.246 e. The standard InChI is InChI=1S/C25H13N/c1-5-14-7-3-11-18-22(14)16(9-1)20-13-21-17-10-2-6-15-8-4-12-19(23(15)17)25(21)26-24(18)20/h1-13H. The Labute approximate surface area is 149 Å². The lowest BCUT2D eigenvalue weighted by Crippen LogP contribution is -1.76. The fraction of sp³-hybridized carbons (Fsp3) is 0. The van der Waals surface area contributed by atoms with Crippen LogP contribution in [-0.4, -0.2) is 4.98 Å².